The van der Waals surface area contributed by atoms with Gasteiger partial charge in [-0.15, -0.1) is 23.1 Å². The van der Waals surface area contributed by atoms with Crippen LogP contribution in [0.3, 0.4) is 0 Å². The van der Waals surface area contributed by atoms with Gasteiger partial charge in [-0.25, -0.2) is 4.79 Å². The van der Waals surface area contributed by atoms with Crippen molar-refractivity contribution >= 4 is 89.1 Å². The van der Waals surface area contributed by atoms with Crippen molar-refractivity contribution in [2.24, 2.45) is 0 Å². The summed E-state index contributed by atoms with van der Waals surface area (Å²) in [5, 5.41) is 15.1. The van der Waals surface area contributed by atoms with Crippen molar-refractivity contribution in [2.75, 3.05) is 50.5 Å². The van der Waals surface area contributed by atoms with Crippen molar-refractivity contribution in [3.63, 3.8) is 0 Å². The molecule has 4 heterocycles. The van der Waals surface area contributed by atoms with Gasteiger partial charge >= 0.3 is 19.3 Å². The first-order valence-corrected chi connectivity index (χ1v) is 24.9. The zero-order valence-electron chi connectivity index (χ0n) is 38.3. The number of fused-ring (bicyclic) bond motifs is 1. The number of hydrogen-bond acceptors (Lipinski definition) is 11. The number of nitrogens with one attached hydrogen (secondary N) is 1. The van der Waals surface area contributed by atoms with E-state index in [2.05, 4.69) is 29.3 Å². The Kier molecular flexibility index (Phi) is 23.4. The van der Waals surface area contributed by atoms with E-state index in [0.717, 1.165) is 48.3 Å². The minimum atomic E-state index is -4.10. The summed E-state index contributed by atoms with van der Waals surface area (Å²) < 4.78 is 34.6. The van der Waals surface area contributed by atoms with Crippen molar-refractivity contribution in [3.05, 3.63) is 92.0 Å². The average molecular weight is 1070 g/mol. The smallest absolute Gasteiger partial charge is 0.350 e. The Labute approximate surface area is 419 Å². The predicted octanol–water partition coefficient (Wildman–Crippen LogP) is 7.37. The number of methoxy groups -OCH3 is 1. The highest BCUT2D eigenvalue weighted by atomic mass is 35.5. The summed E-state index contributed by atoms with van der Waals surface area (Å²) in [6.07, 6.45) is 9.54. The third-order valence-corrected chi connectivity index (χ3v) is 11.9. The number of carbonyl (C=O) groups excluding carboxylic acids is 2. The van der Waals surface area contributed by atoms with Crippen LogP contribution < -0.4 is 20.6 Å². The molecule has 2 aliphatic heterocycles. The lowest BCUT2D eigenvalue weighted by molar-refractivity contribution is -0.144. The standard InChI is InChI=1S/C15H13Cl2N3O2.C15H22ClNO2.C11H13Cl2NO3.C3H8NO5P/c1-2-7-22-13-9-12(10(16)8-11(13)17)20-15(21)19-6-4-3-5-14(19)18-20;1-5-13-8-6-7-11(2)15(13)17(14(18)9-16)12(3)10-19-4;1-11(2)14(10(15)9(12)13)6-8(17-11)7-4-3-5-16-7;5-3(6)1-4-2-10(7,8)9/h1,8-9H,3-7H2;6-8,12H,5,9-10H2,1-4H3;3-5,8-9H,6H2,1-2H3;4H,1-2H2,(H,5,6)(H2,7,8,9). The Morgan fingerprint density at radius 3 is 2.40 bits per heavy atom. The Morgan fingerprint density at radius 1 is 1.13 bits per heavy atom. The van der Waals surface area contributed by atoms with Gasteiger partial charge in [-0.05, 0) is 76.3 Å². The molecule has 0 radical (unpaired) electrons. The number of benzene rings is 2. The Bertz CT molecular complexity index is 2450. The van der Waals surface area contributed by atoms with Gasteiger partial charge in [-0.3, -0.25) is 28.8 Å². The van der Waals surface area contributed by atoms with Crippen molar-refractivity contribution in [1.82, 2.24) is 24.6 Å². The molecular weight excluding hydrogens is 1010 g/mol. The van der Waals surface area contributed by atoms with Crippen LogP contribution in [0.1, 0.15) is 69.4 Å². The molecule has 1 saturated heterocycles. The number of halogens is 5. The van der Waals surface area contributed by atoms with Crippen LogP contribution in [0.4, 0.5) is 5.69 Å². The van der Waals surface area contributed by atoms with Crippen LogP contribution in [0.15, 0.2) is 57.9 Å². The number of rotatable bonds is 15. The molecule has 0 spiro atoms. The number of furan rings is 1. The van der Waals surface area contributed by atoms with E-state index in [9.17, 15) is 23.7 Å². The molecule has 24 heteroatoms. The zero-order chi connectivity index (χ0) is 50.9. The van der Waals surface area contributed by atoms with Crippen molar-refractivity contribution in [3.8, 4) is 23.8 Å². The normalized spacial score (nSPS) is 15.3. The molecule has 374 valence electrons. The summed E-state index contributed by atoms with van der Waals surface area (Å²) in [6, 6.07) is 12.7. The maximum absolute atomic E-state index is 12.5. The molecule has 2 aromatic carbocycles. The van der Waals surface area contributed by atoms with Gasteiger partial charge in [0.15, 0.2) is 4.84 Å². The number of amides is 2. The molecule has 0 bridgehead atoms. The number of para-hydroxylation sites is 1. The number of terminal acetylenes is 1. The maximum atomic E-state index is 12.5. The highest BCUT2D eigenvalue weighted by Gasteiger charge is 2.45. The number of carboxylic acids is 1. The summed E-state index contributed by atoms with van der Waals surface area (Å²) >= 11 is 29.3. The number of carboxylic acid groups (broad SMARTS) is 1. The van der Waals surface area contributed by atoms with E-state index in [1.54, 1.807) is 48.8 Å². The quantitative estimate of drug-likeness (QED) is 0.0518. The monoisotopic (exact) mass is 1070 g/mol. The number of anilines is 1. The van der Waals surface area contributed by atoms with Gasteiger partial charge < -0.3 is 43.3 Å². The largest absolute Gasteiger partial charge is 0.480 e. The van der Waals surface area contributed by atoms with E-state index in [0.29, 0.717) is 46.9 Å². The molecular formula is C44H56Cl5N6O12P. The minimum Gasteiger partial charge on any atom is -0.480 e. The van der Waals surface area contributed by atoms with Crippen LogP contribution in [-0.2, 0) is 47.8 Å². The first-order valence-electron chi connectivity index (χ1n) is 21.0. The van der Waals surface area contributed by atoms with Crippen molar-refractivity contribution < 1.29 is 52.5 Å². The predicted molar refractivity (Wildman–Crippen MR) is 262 cm³/mol. The molecule has 0 saturated carbocycles. The van der Waals surface area contributed by atoms with E-state index >= 15 is 0 Å². The topological polar surface area (TPSA) is 228 Å². The summed E-state index contributed by atoms with van der Waals surface area (Å²) in [4.78, 5) is 64.8. The second-order valence-corrected chi connectivity index (χ2v) is 19.4. The highest BCUT2D eigenvalue weighted by molar-refractivity contribution is 7.51. The van der Waals surface area contributed by atoms with Crippen molar-refractivity contribution in [2.45, 2.75) is 89.6 Å². The Morgan fingerprint density at radius 2 is 1.84 bits per heavy atom. The first-order chi connectivity index (χ1) is 32.0. The van der Waals surface area contributed by atoms with Gasteiger partial charge in [0.2, 0.25) is 5.91 Å². The van der Waals surface area contributed by atoms with Gasteiger partial charge in [0.1, 0.15) is 41.7 Å². The molecule has 1 fully saturated rings. The third kappa shape index (κ3) is 16.8. The fourth-order valence-electron chi connectivity index (χ4n) is 7.03. The van der Waals surface area contributed by atoms with E-state index in [1.807, 2.05) is 32.0 Å². The summed E-state index contributed by atoms with van der Waals surface area (Å²) in [5.74, 6) is 2.59. The van der Waals surface area contributed by atoms with E-state index < -0.39 is 37.0 Å². The minimum absolute atomic E-state index is 0.0223. The number of aryl methyl sites for hydroxylation is 3. The van der Waals surface area contributed by atoms with Crippen LogP contribution >= 0.6 is 65.6 Å². The molecule has 2 unspecified atom stereocenters. The molecule has 2 atom stereocenters. The van der Waals surface area contributed by atoms with Gasteiger partial charge in [0, 0.05) is 26.1 Å². The van der Waals surface area contributed by atoms with Crippen LogP contribution in [-0.4, -0.2) is 114 Å². The fraction of sp³-hybridized carbons (Fsp3) is 0.477. The molecule has 4 aromatic rings. The number of hydrogen-bond donors (Lipinski definition) is 4. The molecule has 4 N–H and O–H groups in total. The summed E-state index contributed by atoms with van der Waals surface area (Å²) in [6.45, 7) is 10.9. The van der Waals surface area contributed by atoms with Crippen LogP contribution in [0.5, 0.6) is 5.75 Å². The fourth-order valence-corrected chi connectivity index (χ4v) is 8.31. The SMILES string of the molecule is C#CCOc1cc(-n2nc3n(c2=O)CCCC3)c(Cl)cc1Cl.CC1(C)OC(c2ccco2)CN1C(=O)C(Cl)Cl.CCc1cccc(C)c1N(C(=O)CCl)C(C)COC.O=C(O)CNCP(=O)(O)O. The van der Waals surface area contributed by atoms with Crippen LogP contribution in [0.2, 0.25) is 10.0 Å². The Balaban J connectivity index is 0.000000248. The van der Waals surface area contributed by atoms with Crippen LogP contribution in [0, 0.1) is 19.3 Å². The third-order valence-electron chi connectivity index (χ3n) is 10.0. The average Bonchev–Trinajstić information content (AvgIpc) is 4.01. The lowest BCUT2D eigenvalue weighted by Gasteiger charge is -2.31. The second-order valence-electron chi connectivity index (χ2n) is 15.5. The number of alkyl halides is 3. The molecule has 2 aromatic heterocycles. The Hall–Kier alpha value is -4.09. The number of aliphatic carboxylic acids is 1. The second kappa shape index (κ2) is 27.3. The van der Waals surface area contributed by atoms with Gasteiger partial charge in [0.25, 0.3) is 5.91 Å². The molecule has 68 heavy (non-hydrogen) atoms. The van der Waals surface area contributed by atoms with E-state index in [1.165, 1.54) is 15.6 Å². The lowest BCUT2D eigenvalue weighted by Crippen LogP contribution is -2.45. The summed E-state index contributed by atoms with van der Waals surface area (Å²) in [7, 11) is -2.46. The number of carbonyl (C=O) groups is 3. The number of aromatic nitrogens is 3. The van der Waals surface area contributed by atoms with Crippen molar-refractivity contribution in [1.29, 1.82) is 0 Å². The zero-order valence-corrected chi connectivity index (χ0v) is 43.0. The van der Waals surface area contributed by atoms with Gasteiger partial charge in [-0.1, -0.05) is 77.4 Å². The first kappa shape index (κ1) is 58.2. The molecule has 2 aliphatic rings. The van der Waals surface area contributed by atoms with Crippen LogP contribution in [0.25, 0.3) is 5.69 Å². The van der Waals surface area contributed by atoms with Gasteiger partial charge in [0.05, 0.1) is 59.7 Å². The van der Waals surface area contributed by atoms with E-state index in [-0.39, 0.29) is 42.1 Å². The maximum Gasteiger partial charge on any atom is 0.350 e. The molecule has 6 rings (SSSR count). The van der Waals surface area contributed by atoms with Gasteiger partial charge in [-0.2, -0.15) is 4.68 Å². The summed E-state index contributed by atoms with van der Waals surface area (Å²) in [5.41, 5.74) is 2.70. The molecule has 2 amide bonds. The van der Waals surface area contributed by atoms with E-state index in [4.69, 9.17) is 97.9 Å². The lowest BCUT2D eigenvalue weighted by atomic mass is 10.0. The number of ether oxygens (including phenoxy) is 3. The number of nitrogens with zero attached hydrogens (tertiary/aromatic N) is 5. The molecule has 0 aliphatic carbocycles. The molecule has 18 nitrogen and oxygen atoms in total. The highest BCUT2D eigenvalue weighted by Crippen LogP contribution is 2.37.